The van der Waals surface area contributed by atoms with Crippen LogP contribution in [0.25, 0.3) is 11.0 Å². The van der Waals surface area contributed by atoms with Crippen molar-refractivity contribution in [3.8, 4) is 0 Å². The maximum atomic E-state index is 12.7. The van der Waals surface area contributed by atoms with Gasteiger partial charge in [0.15, 0.2) is 0 Å². The van der Waals surface area contributed by atoms with Crippen LogP contribution >= 0.6 is 0 Å². The Balaban J connectivity index is 1.51. The molecule has 0 bridgehead atoms. The molecule has 130 valence electrons. The zero-order valence-corrected chi connectivity index (χ0v) is 15.0. The fourth-order valence-corrected chi connectivity index (χ4v) is 4.94. The van der Waals surface area contributed by atoms with Crippen molar-refractivity contribution in [1.82, 2.24) is 14.3 Å². The topological polar surface area (TPSA) is 66.1 Å². The molecule has 1 saturated heterocycles. The third-order valence-corrected chi connectivity index (χ3v) is 6.79. The van der Waals surface area contributed by atoms with E-state index in [0.717, 1.165) is 29.7 Å². The SMILES string of the molecule is Cc1ccc2nc(C3CCN(S(=O)(=O)c4ccccc4)CC3)[nH]c2c1. The predicted molar refractivity (Wildman–Crippen MR) is 98.0 cm³/mol. The maximum absolute atomic E-state index is 12.7. The lowest BCUT2D eigenvalue weighted by Gasteiger charge is -2.30. The molecule has 1 N–H and O–H groups in total. The van der Waals surface area contributed by atoms with Crippen LogP contribution in [-0.2, 0) is 10.0 Å². The van der Waals surface area contributed by atoms with E-state index >= 15 is 0 Å². The molecule has 1 aliphatic rings. The van der Waals surface area contributed by atoms with Gasteiger partial charge in [0.05, 0.1) is 15.9 Å². The summed E-state index contributed by atoms with van der Waals surface area (Å²) in [5.41, 5.74) is 3.22. The first-order valence-corrected chi connectivity index (χ1v) is 9.99. The van der Waals surface area contributed by atoms with Crippen molar-refractivity contribution in [2.24, 2.45) is 0 Å². The summed E-state index contributed by atoms with van der Waals surface area (Å²) in [6.07, 6.45) is 1.57. The van der Waals surface area contributed by atoms with Crippen LogP contribution in [0, 0.1) is 6.92 Å². The molecule has 1 aromatic heterocycles. The van der Waals surface area contributed by atoms with Gasteiger partial charge in [-0.25, -0.2) is 13.4 Å². The van der Waals surface area contributed by atoms with Gasteiger partial charge in [-0.05, 0) is 49.6 Å². The van der Waals surface area contributed by atoms with Crippen molar-refractivity contribution in [2.75, 3.05) is 13.1 Å². The van der Waals surface area contributed by atoms with Gasteiger partial charge < -0.3 is 4.98 Å². The second kappa shape index (κ2) is 6.28. The van der Waals surface area contributed by atoms with Crippen LogP contribution in [0.4, 0.5) is 0 Å². The fourth-order valence-electron chi connectivity index (χ4n) is 3.45. The molecule has 2 heterocycles. The molecule has 6 heteroatoms. The molecule has 0 unspecified atom stereocenters. The Morgan fingerprint density at radius 2 is 1.80 bits per heavy atom. The lowest BCUT2D eigenvalue weighted by Crippen LogP contribution is -2.38. The molecule has 0 spiro atoms. The van der Waals surface area contributed by atoms with Crippen molar-refractivity contribution in [1.29, 1.82) is 0 Å². The monoisotopic (exact) mass is 355 g/mol. The summed E-state index contributed by atoms with van der Waals surface area (Å²) in [4.78, 5) is 8.48. The minimum atomic E-state index is -3.40. The third kappa shape index (κ3) is 3.07. The molecular weight excluding hydrogens is 334 g/mol. The largest absolute Gasteiger partial charge is 0.342 e. The van der Waals surface area contributed by atoms with Gasteiger partial charge in [0.1, 0.15) is 5.82 Å². The Labute approximate surface area is 147 Å². The summed E-state index contributed by atoms with van der Waals surface area (Å²) in [6, 6.07) is 14.8. The van der Waals surface area contributed by atoms with Crippen LogP contribution in [0.2, 0.25) is 0 Å². The van der Waals surface area contributed by atoms with Crippen molar-refractivity contribution in [2.45, 2.75) is 30.6 Å². The van der Waals surface area contributed by atoms with Gasteiger partial charge >= 0.3 is 0 Å². The quantitative estimate of drug-likeness (QED) is 0.783. The maximum Gasteiger partial charge on any atom is 0.243 e. The summed E-state index contributed by atoms with van der Waals surface area (Å²) in [7, 11) is -3.40. The van der Waals surface area contributed by atoms with Gasteiger partial charge in [-0.3, -0.25) is 0 Å². The second-order valence-electron chi connectivity index (χ2n) is 6.63. The smallest absolute Gasteiger partial charge is 0.243 e. The van der Waals surface area contributed by atoms with Crippen LogP contribution in [0.1, 0.15) is 30.1 Å². The number of nitrogens with zero attached hydrogens (tertiary/aromatic N) is 2. The molecule has 1 aliphatic heterocycles. The zero-order chi connectivity index (χ0) is 17.4. The number of hydrogen-bond donors (Lipinski definition) is 1. The average molecular weight is 355 g/mol. The fraction of sp³-hybridized carbons (Fsp3) is 0.316. The predicted octanol–water partition coefficient (Wildman–Crippen LogP) is 3.44. The zero-order valence-electron chi connectivity index (χ0n) is 14.1. The van der Waals surface area contributed by atoms with Gasteiger partial charge in [0.25, 0.3) is 0 Å². The molecule has 0 aliphatic carbocycles. The second-order valence-corrected chi connectivity index (χ2v) is 8.57. The highest BCUT2D eigenvalue weighted by Crippen LogP contribution is 2.30. The van der Waals surface area contributed by atoms with Crippen LogP contribution in [0.15, 0.2) is 53.4 Å². The highest BCUT2D eigenvalue weighted by atomic mass is 32.2. The first-order chi connectivity index (χ1) is 12.0. The number of H-pyrrole nitrogens is 1. The first kappa shape index (κ1) is 16.3. The third-order valence-electron chi connectivity index (χ3n) is 4.88. The van der Waals surface area contributed by atoms with Crippen LogP contribution in [0.3, 0.4) is 0 Å². The van der Waals surface area contributed by atoms with Crippen molar-refractivity contribution < 1.29 is 8.42 Å². The molecule has 2 aromatic carbocycles. The highest BCUT2D eigenvalue weighted by molar-refractivity contribution is 7.89. The van der Waals surface area contributed by atoms with E-state index in [9.17, 15) is 8.42 Å². The summed E-state index contributed by atoms with van der Waals surface area (Å²) in [5.74, 6) is 1.24. The number of imidazole rings is 1. The molecule has 4 rings (SSSR count). The molecule has 0 amide bonds. The molecular formula is C19H21N3O2S. The number of sulfonamides is 1. The summed E-state index contributed by atoms with van der Waals surface area (Å²) < 4.78 is 27.0. The van der Waals surface area contributed by atoms with Crippen molar-refractivity contribution in [3.63, 3.8) is 0 Å². The molecule has 5 nitrogen and oxygen atoms in total. The number of fused-ring (bicyclic) bond motifs is 1. The van der Waals surface area contributed by atoms with E-state index in [4.69, 9.17) is 4.98 Å². The van der Waals surface area contributed by atoms with E-state index in [0.29, 0.717) is 18.0 Å². The van der Waals surface area contributed by atoms with Crippen molar-refractivity contribution >= 4 is 21.1 Å². The lowest BCUT2D eigenvalue weighted by atomic mass is 9.97. The molecule has 1 fully saturated rings. The van der Waals surface area contributed by atoms with E-state index < -0.39 is 10.0 Å². The number of aryl methyl sites for hydroxylation is 1. The Kier molecular flexibility index (Phi) is 4.09. The van der Waals surface area contributed by atoms with Crippen LogP contribution < -0.4 is 0 Å². The van der Waals surface area contributed by atoms with Gasteiger partial charge in [-0.15, -0.1) is 0 Å². The minimum absolute atomic E-state index is 0.273. The minimum Gasteiger partial charge on any atom is -0.342 e. The van der Waals surface area contributed by atoms with E-state index in [1.165, 1.54) is 5.56 Å². The number of hydrogen-bond acceptors (Lipinski definition) is 3. The van der Waals surface area contributed by atoms with Crippen LogP contribution in [-0.4, -0.2) is 35.8 Å². The standard InChI is InChI=1S/C19H21N3O2S/c1-14-7-8-17-18(13-14)21-19(20-17)15-9-11-22(12-10-15)25(23,24)16-5-3-2-4-6-16/h2-8,13,15H,9-12H2,1H3,(H,20,21). The number of piperidine rings is 1. The van der Waals surface area contributed by atoms with Crippen LogP contribution in [0.5, 0.6) is 0 Å². The molecule has 0 saturated carbocycles. The van der Waals surface area contributed by atoms with Gasteiger partial charge in [0.2, 0.25) is 10.0 Å². The number of rotatable bonds is 3. The van der Waals surface area contributed by atoms with E-state index in [-0.39, 0.29) is 5.92 Å². The molecule has 25 heavy (non-hydrogen) atoms. The number of benzene rings is 2. The molecule has 3 aromatic rings. The molecule has 0 radical (unpaired) electrons. The average Bonchev–Trinajstić information content (AvgIpc) is 3.06. The van der Waals surface area contributed by atoms with E-state index in [1.807, 2.05) is 12.1 Å². The molecule has 0 atom stereocenters. The summed E-state index contributed by atoms with van der Waals surface area (Å²) in [5, 5.41) is 0. The first-order valence-electron chi connectivity index (χ1n) is 8.55. The Morgan fingerprint density at radius 1 is 1.08 bits per heavy atom. The highest BCUT2D eigenvalue weighted by Gasteiger charge is 2.30. The van der Waals surface area contributed by atoms with Gasteiger partial charge in [0, 0.05) is 19.0 Å². The van der Waals surface area contributed by atoms with Gasteiger partial charge in [-0.1, -0.05) is 24.3 Å². The Bertz CT molecular complexity index is 988. The number of nitrogens with one attached hydrogen (secondary N) is 1. The summed E-state index contributed by atoms with van der Waals surface area (Å²) >= 11 is 0. The Hall–Kier alpha value is -2.18. The van der Waals surface area contributed by atoms with E-state index in [2.05, 4.69) is 24.0 Å². The van der Waals surface area contributed by atoms with Gasteiger partial charge in [-0.2, -0.15) is 4.31 Å². The number of aromatic nitrogens is 2. The lowest BCUT2D eigenvalue weighted by molar-refractivity contribution is 0.314. The normalized spacial score (nSPS) is 17.2. The van der Waals surface area contributed by atoms with E-state index in [1.54, 1.807) is 28.6 Å². The van der Waals surface area contributed by atoms with Crippen molar-refractivity contribution in [3.05, 3.63) is 59.9 Å². The summed E-state index contributed by atoms with van der Waals surface area (Å²) in [6.45, 7) is 3.11. The number of aromatic amines is 1. The Morgan fingerprint density at radius 3 is 2.52 bits per heavy atom.